The van der Waals surface area contributed by atoms with Gasteiger partial charge in [0, 0.05) is 0 Å². The third kappa shape index (κ3) is 3.24. The van der Waals surface area contributed by atoms with Crippen LogP contribution in [0.3, 0.4) is 0 Å². The van der Waals surface area contributed by atoms with Crippen molar-refractivity contribution in [3.8, 4) is 5.75 Å². The number of carbonyl (C=O) groups is 1. The number of rotatable bonds is 5. The number of ether oxygens (including phenoxy) is 2. The molecule has 0 aliphatic rings. The highest BCUT2D eigenvalue weighted by Crippen LogP contribution is 2.20. The van der Waals surface area contributed by atoms with Crippen LogP contribution in [0.5, 0.6) is 5.75 Å². The molecule has 4 nitrogen and oxygen atoms in total. The fourth-order valence-electron chi connectivity index (χ4n) is 1.26. The van der Waals surface area contributed by atoms with Crippen molar-refractivity contribution < 1.29 is 19.4 Å². The first kappa shape index (κ1) is 12.5. The summed E-state index contributed by atoms with van der Waals surface area (Å²) in [6.45, 7) is 4.35. The fraction of sp³-hybridized carbons (Fsp3) is 0.417. The van der Waals surface area contributed by atoms with Crippen LogP contribution < -0.4 is 4.74 Å². The number of hydrogen-bond donors (Lipinski definition) is 1. The fourth-order valence-corrected chi connectivity index (χ4v) is 1.26. The number of carboxylic acids is 1. The molecule has 0 saturated carbocycles. The Hall–Kier alpha value is -1.55. The predicted octanol–water partition coefficient (Wildman–Crippen LogP) is 2.32. The van der Waals surface area contributed by atoms with Crippen LogP contribution in [0, 0.1) is 0 Å². The zero-order valence-electron chi connectivity index (χ0n) is 9.69. The molecule has 0 bridgehead atoms. The molecule has 88 valence electrons. The van der Waals surface area contributed by atoms with Crippen LogP contribution in [0.2, 0.25) is 0 Å². The van der Waals surface area contributed by atoms with Crippen molar-refractivity contribution in [2.75, 3.05) is 7.11 Å². The molecule has 0 radical (unpaired) electrons. The molecule has 1 aromatic carbocycles. The van der Waals surface area contributed by atoms with E-state index in [0.29, 0.717) is 12.4 Å². The van der Waals surface area contributed by atoms with Crippen molar-refractivity contribution >= 4 is 5.97 Å². The van der Waals surface area contributed by atoms with Crippen LogP contribution >= 0.6 is 0 Å². The van der Waals surface area contributed by atoms with Crippen molar-refractivity contribution in [3.05, 3.63) is 29.3 Å². The quantitative estimate of drug-likeness (QED) is 0.833. The summed E-state index contributed by atoms with van der Waals surface area (Å²) < 4.78 is 10.4. The Morgan fingerprint density at radius 1 is 1.44 bits per heavy atom. The number of aromatic carboxylic acids is 1. The Balaban J connectivity index is 2.86. The average molecular weight is 224 g/mol. The van der Waals surface area contributed by atoms with E-state index in [1.807, 2.05) is 13.8 Å². The average Bonchev–Trinajstić information content (AvgIpc) is 2.25. The van der Waals surface area contributed by atoms with E-state index in [0.717, 1.165) is 5.56 Å². The zero-order chi connectivity index (χ0) is 12.1. The van der Waals surface area contributed by atoms with E-state index in [1.165, 1.54) is 13.2 Å². The van der Waals surface area contributed by atoms with Crippen LogP contribution in [-0.2, 0) is 11.3 Å². The first-order valence-electron chi connectivity index (χ1n) is 5.06. The van der Waals surface area contributed by atoms with E-state index >= 15 is 0 Å². The monoisotopic (exact) mass is 224 g/mol. The SMILES string of the molecule is COc1cc(COC(C)C)ccc1C(=O)O. The van der Waals surface area contributed by atoms with Crippen molar-refractivity contribution in [2.24, 2.45) is 0 Å². The van der Waals surface area contributed by atoms with Crippen LogP contribution in [0.4, 0.5) is 0 Å². The summed E-state index contributed by atoms with van der Waals surface area (Å²) in [5.41, 5.74) is 1.06. The molecule has 0 saturated heterocycles. The lowest BCUT2D eigenvalue weighted by atomic mass is 10.1. The van der Waals surface area contributed by atoms with Gasteiger partial charge in [-0.1, -0.05) is 6.07 Å². The van der Waals surface area contributed by atoms with Gasteiger partial charge < -0.3 is 14.6 Å². The molecule has 1 aromatic rings. The van der Waals surface area contributed by atoms with Crippen molar-refractivity contribution in [3.63, 3.8) is 0 Å². The van der Waals surface area contributed by atoms with Gasteiger partial charge in [0.2, 0.25) is 0 Å². The molecule has 4 heteroatoms. The molecule has 0 fully saturated rings. The molecule has 0 unspecified atom stereocenters. The molecule has 0 spiro atoms. The van der Waals surface area contributed by atoms with E-state index in [1.54, 1.807) is 12.1 Å². The zero-order valence-corrected chi connectivity index (χ0v) is 9.69. The van der Waals surface area contributed by atoms with Gasteiger partial charge in [-0.05, 0) is 31.5 Å². The second-order valence-corrected chi connectivity index (χ2v) is 3.70. The standard InChI is InChI=1S/C12H16O4/c1-8(2)16-7-9-4-5-10(12(13)14)11(6-9)15-3/h4-6,8H,7H2,1-3H3,(H,13,14). The molecule has 0 atom stereocenters. The summed E-state index contributed by atoms with van der Waals surface area (Å²) in [4.78, 5) is 10.8. The first-order valence-corrected chi connectivity index (χ1v) is 5.06. The van der Waals surface area contributed by atoms with Crippen LogP contribution in [0.15, 0.2) is 18.2 Å². The second kappa shape index (κ2) is 5.51. The van der Waals surface area contributed by atoms with Crippen molar-refractivity contribution in [1.82, 2.24) is 0 Å². The Kier molecular flexibility index (Phi) is 4.31. The summed E-state index contributed by atoms with van der Waals surface area (Å²) in [5.74, 6) is -0.634. The number of benzene rings is 1. The van der Waals surface area contributed by atoms with Crippen molar-refractivity contribution in [2.45, 2.75) is 26.6 Å². The molecule has 1 rings (SSSR count). The largest absolute Gasteiger partial charge is 0.496 e. The molecule has 0 aliphatic carbocycles. The molecule has 0 aromatic heterocycles. The summed E-state index contributed by atoms with van der Waals surface area (Å²) in [6.07, 6.45) is 0.144. The maximum Gasteiger partial charge on any atom is 0.339 e. The number of hydrogen-bond acceptors (Lipinski definition) is 3. The van der Waals surface area contributed by atoms with Gasteiger partial charge >= 0.3 is 5.97 Å². The van der Waals surface area contributed by atoms with E-state index in [4.69, 9.17) is 14.6 Å². The smallest absolute Gasteiger partial charge is 0.339 e. The maximum absolute atomic E-state index is 10.8. The van der Waals surface area contributed by atoms with Gasteiger partial charge in [0.05, 0.1) is 19.8 Å². The van der Waals surface area contributed by atoms with Crippen molar-refractivity contribution in [1.29, 1.82) is 0 Å². The second-order valence-electron chi connectivity index (χ2n) is 3.70. The van der Waals surface area contributed by atoms with Gasteiger partial charge in [-0.3, -0.25) is 0 Å². The minimum Gasteiger partial charge on any atom is -0.496 e. The highest BCUT2D eigenvalue weighted by molar-refractivity contribution is 5.90. The van der Waals surface area contributed by atoms with E-state index in [2.05, 4.69) is 0 Å². The van der Waals surface area contributed by atoms with Crippen LogP contribution in [0.25, 0.3) is 0 Å². The van der Waals surface area contributed by atoms with Gasteiger partial charge in [0.15, 0.2) is 0 Å². The van der Waals surface area contributed by atoms with Crippen LogP contribution in [0.1, 0.15) is 29.8 Å². The molecule has 0 heterocycles. The lowest BCUT2D eigenvalue weighted by molar-refractivity contribution is 0.0651. The Labute approximate surface area is 94.8 Å². The lowest BCUT2D eigenvalue weighted by Crippen LogP contribution is -2.04. The Morgan fingerprint density at radius 2 is 2.12 bits per heavy atom. The highest BCUT2D eigenvalue weighted by Gasteiger charge is 2.11. The highest BCUT2D eigenvalue weighted by atomic mass is 16.5. The third-order valence-corrected chi connectivity index (χ3v) is 2.08. The van der Waals surface area contributed by atoms with Gasteiger partial charge in [-0.15, -0.1) is 0 Å². The number of carboxylic acid groups (broad SMARTS) is 1. The van der Waals surface area contributed by atoms with Gasteiger partial charge in [-0.25, -0.2) is 4.79 Å². The lowest BCUT2D eigenvalue weighted by Gasteiger charge is -2.10. The summed E-state index contributed by atoms with van der Waals surface area (Å²) in [5, 5.41) is 8.89. The normalized spacial score (nSPS) is 10.5. The van der Waals surface area contributed by atoms with Gasteiger partial charge in [0.1, 0.15) is 11.3 Å². The Morgan fingerprint density at radius 3 is 2.62 bits per heavy atom. The maximum atomic E-state index is 10.8. The van der Waals surface area contributed by atoms with Crippen LogP contribution in [-0.4, -0.2) is 24.3 Å². The third-order valence-electron chi connectivity index (χ3n) is 2.08. The molecule has 1 N–H and O–H groups in total. The topological polar surface area (TPSA) is 55.8 Å². The first-order chi connectivity index (χ1) is 7.54. The molecule has 16 heavy (non-hydrogen) atoms. The molecular weight excluding hydrogens is 208 g/mol. The minimum absolute atomic E-state index is 0.144. The Bertz CT molecular complexity index is 371. The molecule has 0 amide bonds. The summed E-state index contributed by atoms with van der Waals surface area (Å²) in [7, 11) is 1.45. The van der Waals surface area contributed by atoms with E-state index in [9.17, 15) is 4.79 Å². The van der Waals surface area contributed by atoms with Gasteiger partial charge in [0.25, 0.3) is 0 Å². The minimum atomic E-state index is -0.992. The van der Waals surface area contributed by atoms with E-state index in [-0.39, 0.29) is 11.7 Å². The molecule has 0 aliphatic heterocycles. The molecular formula is C12H16O4. The predicted molar refractivity (Wildman–Crippen MR) is 59.9 cm³/mol. The summed E-state index contributed by atoms with van der Waals surface area (Å²) in [6, 6.07) is 4.94. The van der Waals surface area contributed by atoms with Gasteiger partial charge in [-0.2, -0.15) is 0 Å². The summed E-state index contributed by atoms with van der Waals surface area (Å²) >= 11 is 0. The van der Waals surface area contributed by atoms with E-state index < -0.39 is 5.97 Å². The number of methoxy groups -OCH3 is 1.